The maximum absolute atomic E-state index is 11.9. The molecule has 2 rings (SSSR count). The Kier molecular flexibility index (Phi) is 4.29. The van der Waals surface area contributed by atoms with Crippen molar-refractivity contribution < 1.29 is 9.90 Å². The molecule has 2 aromatic rings. The Balaban J connectivity index is 2.29. The lowest BCUT2D eigenvalue weighted by Gasteiger charge is -2.10. The molecule has 0 unspecified atom stereocenters. The molecule has 0 aliphatic heterocycles. The van der Waals surface area contributed by atoms with E-state index in [4.69, 9.17) is 5.11 Å². The first-order valence-electron chi connectivity index (χ1n) is 5.99. The molecule has 1 amide bonds. The Labute approximate surface area is 116 Å². The molecule has 0 aliphatic rings. The predicted octanol–water partition coefficient (Wildman–Crippen LogP) is 2.05. The molecule has 0 aliphatic carbocycles. The van der Waals surface area contributed by atoms with Gasteiger partial charge in [0.2, 0.25) is 0 Å². The molecular formula is C14H16N2O2S. The van der Waals surface area contributed by atoms with E-state index in [-0.39, 0.29) is 12.5 Å². The second-order valence-electron chi connectivity index (χ2n) is 4.40. The molecule has 1 aromatic heterocycles. The highest BCUT2D eigenvalue weighted by Crippen LogP contribution is 2.25. The van der Waals surface area contributed by atoms with Crippen LogP contribution < -0.4 is 0 Å². The molecule has 0 spiro atoms. The minimum absolute atomic E-state index is 0.0195. The number of hydrogen-bond acceptors (Lipinski definition) is 4. The minimum Gasteiger partial charge on any atom is -0.396 e. The highest BCUT2D eigenvalue weighted by Gasteiger charge is 2.10. The molecule has 0 atom stereocenters. The van der Waals surface area contributed by atoms with Crippen molar-refractivity contribution in [1.29, 1.82) is 0 Å². The zero-order valence-corrected chi connectivity index (χ0v) is 11.8. The van der Waals surface area contributed by atoms with E-state index in [1.54, 1.807) is 25.1 Å². The largest absolute Gasteiger partial charge is 0.396 e. The van der Waals surface area contributed by atoms with Gasteiger partial charge < -0.3 is 10.0 Å². The monoisotopic (exact) mass is 276 g/mol. The molecule has 1 N–H and O–H groups in total. The summed E-state index contributed by atoms with van der Waals surface area (Å²) >= 11 is 1.52. The van der Waals surface area contributed by atoms with Crippen molar-refractivity contribution in [3.8, 4) is 10.6 Å². The SMILES string of the molecule is CN(C)C(=O)c1cccc(-c2nc(CCO)cs2)c1. The average molecular weight is 276 g/mol. The summed E-state index contributed by atoms with van der Waals surface area (Å²) in [5.74, 6) is -0.0195. The van der Waals surface area contributed by atoms with Gasteiger partial charge >= 0.3 is 0 Å². The van der Waals surface area contributed by atoms with Crippen LogP contribution in [0.3, 0.4) is 0 Å². The summed E-state index contributed by atoms with van der Waals surface area (Å²) in [6, 6.07) is 7.45. The molecule has 0 bridgehead atoms. The number of nitrogens with zero attached hydrogens (tertiary/aromatic N) is 2. The lowest BCUT2D eigenvalue weighted by molar-refractivity contribution is 0.0827. The molecule has 19 heavy (non-hydrogen) atoms. The van der Waals surface area contributed by atoms with Gasteiger partial charge in [0.25, 0.3) is 5.91 Å². The van der Waals surface area contributed by atoms with Crippen molar-refractivity contribution >= 4 is 17.2 Å². The van der Waals surface area contributed by atoms with Gasteiger partial charge in [0.05, 0.1) is 5.69 Å². The van der Waals surface area contributed by atoms with Gasteiger partial charge in [-0.1, -0.05) is 12.1 Å². The number of aliphatic hydroxyl groups excluding tert-OH is 1. The number of aromatic nitrogens is 1. The standard InChI is InChI=1S/C14H16N2O2S/c1-16(2)14(18)11-5-3-4-10(8-11)13-15-12(6-7-17)9-19-13/h3-5,8-9,17H,6-7H2,1-2H3. The number of amides is 1. The van der Waals surface area contributed by atoms with E-state index in [2.05, 4.69) is 4.98 Å². The molecular weight excluding hydrogens is 260 g/mol. The van der Waals surface area contributed by atoms with Crippen molar-refractivity contribution in [3.05, 3.63) is 40.9 Å². The Morgan fingerprint density at radius 2 is 2.21 bits per heavy atom. The Morgan fingerprint density at radius 1 is 1.42 bits per heavy atom. The fourth-order valence-electron chi connectivity index (χ4n) is 1.71. The molecule has 5 heteroatoms. The lowest BCUT2D eigenvalue weighted by Crippen LogP contribution is -2.21. The van der Waals surface area contributed by atoms with Crippen molar-refractivity contribution in [1.82, 2.24) is 9.88 Å². The summed E-state index contributed by atoms with van der Waals surface area (Å²) in [6.45, 7) is 0.0995. The van der Waals surface area contributed by atoms with E-state index in [0.29, 0.717) is 12.0 Å². The number of thiazole rings is 1. The summed E-state index contributed by atoms with van der Waals surface area (Å²) in [5.41, 5.74) is 2.47. The molecule has 0 fully saturated rings. The third-order valence-corrected chi connectivity index (χ3v) is 3.62. The zero-order chi connectivity index (χ0) is 13.8. The van der Waals surface area contributed by atoms with Gasteiger partial charge in [-0.25, -0.2) is 4.98 Å². The first kappa shape index (κ1) is 13.7. The van der Waals surface area contributed by atoms with Crippen LogP contribution in [0.2, 0.25) is 0 Å². The van der Waals surface area contributed by atoms with Gasteiger partial charge in [-0.15, -0.1) is 11.3 Å². The average Bonchev–Trinajstić information content (AvgIpc) is 2.87. The van der Waals surface area contributed by atoms with Crippen LogP contribution in [0.4, 0.5) is 0 Å². The molecule has 1 heterocycles. The smallest absolute Gasteiger partial charge is 0.253 e. The van der Waals surface area contributed by atoms with Gasteiger partial charge in [0, 0.05) is 43.6 Å². The van der Waals surface area contributed by atoms with Crippen LogP contribution >= 0.6 is 11.3 Å². The fourth-order valence-corrected chi connectivity index (χ4v) is 2.56. The van der Waals surface area contributed by atoms with Crippen LogP contribution in [0.1, 0.15) is 16.1 Å². The summed E-state index contributed by atoms with van der Waals surface area (Å²) in [4.78, 5) is 17.9. The van der Waals surface area contributed by atoms with Crippen LogP contribution in [0.15, 0.2) is 29.6 Å². The van der Waals surface area contributed by atoms with E-state index in [9.17, 15) is 4.79 Å². The van der Waals surface area contributed by atoms with E-state index < -0.39 is 0 Å². The molecule has 0 radical (unpaired) electrons. The third-order valence-electron chi connectivity index (χ3n) is 2.68. The molecule has 0 saturated heterocycles. The quantitative estimate of drug-likeness (QED) is 0.930. The zero-order valence-electron chi connectivity index (χ0n) is 11.0. The van der Waals surface area contributed by atoms with E-state index in [0.717, 1.165) is 16.3 Å². The number of carbonyl (C=O) groups is 1. The Hall–Kier alpha value is -1.72. The molecule has 1 aromatic carbocycles. The first-order valence-corrected chi connectivity index (χ1v) is 6.87. The van der Waals surface area contributed by atoms with Crippen molar-refractivity contribution in [2.45, 2.75) is 6.42 Å². The van der Waals surface area contributed by atoms with Crippen molar-refractivity contribution in [2.24, 2.45) is 0 Å². The van der Waals surface area contributed by atoms with Crippen LogP contribution in [0.5, 0.6) is 0 Å². The van der Waals surface area contributed by atoms with Crippen LogP contribution in [-0.4, -0.2) is 41.6 Å². The summed E-state index contributed by atoms with van der Waals surface area (Å²) in [5, 5.41) is 11.7. The summed E-state index contributed by atoms with van der Waals surface area (Å²) < 4.78 is 0. The first-order chi connectivity index (χ1) is 9.11. The summed E-state index contributed by atoms with van der Waals surface area (Å²) in [6.07, 6.45) is 0.562. The summed E-state index contributed by atoms with van der Waals surface area (Å²) in [7, 11) is 3.47. The lowest BCUT2D eigenvalue weighted by atomic mass is 10.1. The third kappa shape index (κ3) is 3.19. The molecule has 100 valence electrons. The Morgan fingerprint density at radius 3 is 2.89 bits per heavy atom. The van der Waals surface area contributed by atoms with Gasteiger partial charge in [0.1, 0.15) is 5.01 Å². The van der Waals surface area contributed by atoms with Crippen LogP contribution in [0.25, 0.3) is 10.6 Å². The fraction of sp³-hybridized carbons (Fsp3) is 0.286. The minimum atomic E-state index is -0.0195. The molecule has 0 saturated carbocycles. The van der Waals surface area contributed by atoms with Gasteiger partial charge in [0.15, 0.2) is 0 Å². The number of benzene rings is 1. The van der Waals surface area contributed by atoms with Crippen LogP contribution in [0, 0.1) is 0 Å². The maximum atomic E-state index is 11.9. The van der Waals surface area contributed by atoms with Gasteiger partial charge in [-0.2, -0.15) is 0 Å². The van der Waals surface area contributed by atoms with Gasteiger partial charge in [-0.3, -0.25) is 4.79 Å². The van der Waals surface area contributed by atoms with Gasteiger partial charge in [-0.05, 0) is 12.1 Å². The number of rotatable bonds is 4. The highest BCUT2D eigenvalue weighted by molar-refractivity contribution is 7.13. The van der Waals surface area contributed by atoms with E-state index in [1.165, 1.54) is 11.3 Å². The van der Waals surface area contributed by atoms with E-state index in [1.807, 2.05) is 23.6 Å². The number of carbonyl (C=O) groups excluding carboxylic acids is 1. The van der Waals surface area contributed by atoms with Crippen molar-refractivity contribution in [2.75, 3.05) is 20.7 Å². The second-order valence-corrected chi connectivity index (χ2v) is 5.26. The Bertz CT molecular complexity index is 578. The normalized spacial score (nSPS) is 10.5. The maximum Gasteiger partial charge on any atom is 0.253 e. The number of aliphatic hydroxyl groups is 1. The number of hydrogen-bond donors (Lipinski definition) is 1. The highest BCUT2D eigenvalue weighted by atomic mass is 32.1. The predicted molar refractivity (Wildman–Crippen MR) is 76.4 cm³/mol. The van der Waals surface area contributed by atoms with E-state index >= 15 is 0 Å². The molecule has 4 nitrogen and oxygen atoms in total. The second kappa shape index (κ2) is 5.95. The van der Waals surface area contributed by atoms with Crippen LogP contribution in [-0.2, 0) is 6.42 Å². The van der Waals surface area contributed by atoms with Crippen molar-refractivity contribution in [3.63, 3.8) is 0 Å². The topological polar surface area (TPSA) is 53.4 Å².